The van der Waals surface area contributed by atoms with Gasteiger partial charge >= 0.3 is 5.97 Å². The molecule has 0 amide bonds. The van der Waals surface area contributed by atoms with Crippen LogP contribution in [0.1, 0.15) is 25.3 Å². The van der Waals surface area contributed by atoms with Crippen molar-refractivity contribution in [3.8, 4) is 5.75 Å². The highest BCUT2D eigenvalue weighted by atomic mass is 16.5. The van der Waals surface area contributed by atoms with Crippen LogP contribution in [0.3, 0.4) is 0 Å². The van der Waals surface area contributed by atoms with Crippen molar-refractivity contribution in [3.05, 3.63) is 29.8 Å². The van der Waals surface area contributed by atoms with Crippen molar-refractivity contribution in [2.75, 3.05) is 31.7 Å². The molecular weight excluding hydrogens is 304 g/mol. The number of esters is 1. The molecular formula is C19H25N2O3+. The van der Waals surface area contributed by atoms with Crippen LogP contribution in [0, 0.1) is 12.8 Å². The number of hydrogen-bond acceptors (Lipinski definition) is 4. The van der Waals surface area contributed by atoms with Crippen LogP contribution < -0.4 is 14.6 Å². The molecule has 0 saturated carbocycles. The molecule has 0 bridgehead atoms. The average molecular weight is 329 g/mol. The van der Waals surface area contributed by atoms with E-state index >= 15 is 0 Å². The molecule has 1 aliphatic rings. The van der Waals surface area contributed by atoms with Gasteiger partial charge in [0.05, 0.1) is 32.7 Å². The lowest BCUT2D eigenvalue weighted by Crippen LogP contribution is -2.41. The van der Waals surface area contributed by atoms with Crippen molar-refractivity contribution in [1.29, 1.82) is 0 Å². The minimum Gasteiger partial charge on any atom is -0.497 e. The number of H-pyrrole nitrogens is 1. The van der Waals surface area contributed by atoms with E-state index in [1.807, 2.05) is 25.1 Å². The third-order valence-electron chi connectivity index (χ3n) is 4.65. The van der Waals surface area contributed by atoms with E-state index in [2.05, 4.69) is 22.9 Å². The molecule has 5 heteroatoms. The van der Waals surface area contributed by atoms with E-state index in [1.165, 1.54) is 5.56 Å². The second-order valence-electron chi connectivity index (χ2n) is 6.29. The summed E-state index contributed by atoms with van der Waals surface area (Å²) in [7, 11) is 1.68. The maximum absolute atomic E-state index is 12.1. The number of piperidine rings is 1. The summed E-state index contributed by atoms with van der Waals surface area (Å²) in [5, 5.41) is 1.15. The fourth-order valence-corrected chi connectivity index (χ4v) is 3.36. The maximum Gasteiger partial charge on any atom is 0.312 e. The smallest absolute Gasteiger partial charge is 0.312 e. The van der Waals surface area contributed by atoms with E-state index in [0.717, 1.165) is 41.9 Å². The topological polar surface area (TPSA) is 52.9 Å². The lowest BCUT2D eigenvalue weighted by Gasteiger charge is -2.27. The molecule has 1 aromatic heterocycles. The molecule has 0 aliphatic carbocycles. The number of nitrogens with zero attached hydrogens (tertiary/aromatic N) is 1. The molecule has 2 heterocycles. The molecule has 24 heavy (non-hydrogen) atoms. The minimum absolute atomic E-state index is 0.0426. The Kier molecular flexibility index (Phi) is 4.88. The fraction of sp³-hybridized carbons (Fsp3) is 0.474. The first kappa shape index (κ1) is 16.6. The van der Waals surface area contributed by atoms with Gasteiger partial charge in [-0.15, -0.1) is 0 Å². The second-order valence-corrected chi connectivity index (χ2v) is 6.29. The summed E-state index contributed by atoms with van der Waals surface area (Å²) >= 11 is 0. The van der Waals surface area contributed by atoms with Crippen molar-refractivity contribution in [2.24, 2.45) is 5.92 Å². The Balaban J connectivity index is 1.87. The highest BCUT2D eigenvalue weighted by molar-refractivity contribution is 5.82. The Morgan fingerprint density at radius 3 is 2.96 bits per heavy atom. The maximum atomic E-state index is 12.1. The van der Waals surface area contributed by atoms with Crippen molar-refractivity contribution in [3.63, 3.8) is 0 Å². The van der Waals surface area contributed by atoms with Crippen LogP contribution in [0.15, 0.2) is 24.3 Å². The van der Waals surface area contributed by atoms with Gasteiger partial charge in [-0.3, -0.25) is 9.69 Å². The lowest BCUT2D eigenvalue weighted by molar-refractivity contribution is -0.331. The van der Waals surface area contributed by atoms with Gasteiger partial charge in [-0.05, 0) is 50.5 Å². The zero-order chi connectivity index (χ0) is 17.1. The number of aromatic amines is 1. The van der Waals surface area contributed by atoms with Gasteiger partial charge in [0.2, 0.25) is 0 Å². The quantitative estimate of drug-likeness (QED) is 0.810. The zero-order valence-electron chi connectivity index (χ0n) is 14.6. The standard InChI is InChI=1S/C19H24N2O3/c1-4-24-19(22)14-6-5-9-21(12-14)18-10-13(2)16-11-15(23-3)7-8-17(16)20-18/h7-8,10-11,14H,4-6,9,12H2,1-3H3/p+1/t14-/m0/s1. The van der Waals surface area contributed by atoms with Crippen LogP contribution in [0.5, 0.6) is 5.75 Å². The average Bonchev–Trinajstić information content (AvgIpc) is 2.61. The first-order chi connectivity index (χ1) is 11.6. The van der Waals surface area contributed by atoms with E-state index in [0.29, 0.717) is 13.2 Å². The van der Waals surface area contributed by atoms with Crippen LogP contribution in [0.2, 0.25) is 0 Å². The van der Waals surface area contributed by atoms with Crippen LogP contribution in [0.25, 0.3) is 10.9 Å². The molecule has 3 rings (SSSR count). The molecule has 1 aliphatic heterocycles. The first-order valence-corrected chi connectivity index (χ1v) is 8.54. The minimum atomic E-state index is -0.0792. The molecule has 2 aromatic rings. The molecule has 1 aromatic carbocycles. The Bertz CT molecular complexity index is 745. The molecule has 0 unspecified atom stereocenters. The number of anilines is 1. The lowest BCUT2D eigenvalue weighted by atomic mass is 9.98. The number of hydrogen-bond donors (Lipinski definition) is 0. The van der Waals surface area contributed by atoms with Crippen molar-refractivity contribution in [2.45, 2.75) is 26.7 Å². The molecule has 1 saturated heterocycles. The molecule has 128 valence electrons. The molecule has 0 spiro atoms. The van der Waals surface area contributed by atoms with Crippen molar-refractivity contribution >= 4 is 22.7 Å². The summed E-state index contributed by atoms with van der Waals surface area (Å²) in [5.41, 5.74) is 2.26. The number of carbonyl (C=O) groups is 1. The number of rotatable bonds is 4. The van der Waals surface area contributed by atoms with Crippen molar-refractivity contribution < 1.29 is 19.3 Å². The first-order valence-electron chi connectivity index (χ1n) is 8.54. The number of ether oxygens (including phenoxy) is 2. The zero-order valence-corrected chi connectivity index (χ0v) is 14.6. The summed E-state index contributed by atoms with van der Waals surface area (Å²) in [6, 6.07) is 8.19. The van der Waals surface area contributed by atoms with E-state index in [4.69, 9.17) is 9.47 Å². The van der Waals surface area contributed by atoms with Gasteiger partial charge in [-0.1, -0.05) is 0 Å². The molecule has 1 atom stereocenters. The Morgan fingerprint density at radius 1 is 1.38 bits per heavy atom. The van der Waals surface area contributed by atoms with E-state index < -0.39 is 0 Å². The Hall–Kier alpha value is -2.30. The number of aromatic nitrogens is 1. The van der Waals surface area contributed by atoms with Gasteiger partial charge in [0.15, 0.2) is 0 Å². The van der Waals surface area contributed by atoms with Crippen LogP contribution in [-0.4, -0.2) is 32.8 Å². The van der Waals surface area contributed by atoms with Gasteiger partial charge in [0, 0.05) is 11.5 Å². The van der Waals surface area contributed by atoms with Crippen LogP contribution >= 0.6 is 0 Å². The van der Waals surface area contributed by atoms with Crippen molar-refractivity contribution in [1.82, 2.24) is 0 Å². The molecule has 1 N–H and O–H groups in total. The summed E-state index contributed by atoms with van der Waals surface area (Å²) in [5.74, 6) is 1.79. The summed E-state index contributed by atoms with van der Waals surface area (Å²) in [6.07, 6.45) is 1.90. The highest BCUT2D eigenvalue weighted by Gasteiger charge is 2.32. The third-order valence-corrected chi connectivity index (χ3v) is 4.65. The summed E-state index contributed by atoms with van der Waals surface area (Å²) < 4.78 is 10.5. The molecule has 1 fully saturated rings. The predicted molar refractivity (Wildman–Crippen MR) is 93.4 cm³/mol. The van der Waals surface area contributed by atoms with Crippen LogP contribution in [0.4, 0.5) is 5.82 Å². The van der Waals surface area contributed by atoms with Gasteiger partial charge in [0.25, 0.3) is 5.82 Å². The number of fused-ring (bicyclic) bond motifs is 1. The number of carbonyl (C=O) groups excluding carboxylic acids is 1. The van der Waals surface area contributed by atoms with E-state index in [1.54, 1.807) is 7.11 Å². The number of methoxy groups -OCH3 is 1. The number of nitrogens with one attached hydrogen (secondary N) is 1. The third kappa shape index (κ3) is 3.30. The molecule has 0 radical (unpaired) electrons. The van der Waals surface area contributed by atoms with E-state index in [9.17, 15) is 4.79 Å². The van der Waals surface area contributed by atoms with Gasteiger partial charge in [-0.25, -0.2) is 4.98 Å². The normalized spacial score (nSPS) is 17.8. The monoisotopic (exact) mass is 329 g/mol. The number of aryl methyl sites for hydroxylation is 1. The SMILES string of the molecule is CCOC(=O)[C@H]1CCCN(c2cc(C)c3cc(OC)ccc3[nH+]2)C1. The van der Waals surface area contributed by atoms with Gasteiger partial charge in [0.1, 0.15) is 11.3 Å². The Labute approximate surface area is 142 Å². The van der Waals surface area contributed by atoms with Gasteiger partial charge in [-0.2, -0.15) is 0 Å². The van der Waals surface area contributed by atoms with Crippen LogP contribution in [-0.2, 0) is 9.53 Å². The predicted octanol–water partition coefficient (Wildman–Crippen LogP) is 2.75. The summed E-state index contributed by atoms with van der Waals surface area (Å²) in [4.78, 5) is 17.8. The summed E-state index contributed by atoms with van der Waals surface area (Å²) in [6.45, 7) is 6.06. The number of pyridine rings is 1. The van der Waals surface area contributed by atoms with Gasteiger partial charge < -0.3 is 9.47 Å². The Morgan fingerprint density at radius 2 is 2.21 bits per heavy atom. The fourth-order valence-electron chi connectivity index (χ4n) is 3.36. The van der Waals surface area contributed by atoms with E-state index in [-0.39, 0.29) is 11.9 Å². The largest absolute Gasteiger partial charge is 0.497 e. The highest BCUT2D eigenvalue weighted by Crippen LogP contribution is 2.26. The second kappa shape index (κ2) is 7.07. The number of benzene rings is 1. The molecule has 5 nitrogen and oxygen atoms in total.